The first-order valence-electron chi connectivity index (χ1n) is 10.0. The Bertz CT molecular complexity index is 805. The minimum Gasteiger partial charge on any atom is -0.455 e. The summed E-state index contributed by atoms with van der Waals surface area (Å²) in [6.45, 7) is 6.04. The molecule has 0 saturated heterocycles. The van der Waals surface area contributed by atoms with Crippen LogP contribution in [0, 0.1) is 16.7 Å². The van der Waals surface area contributed by atoms with Crippen molar-refractivity contribution in [3.05, 3.63) is 47.2 Å². The molecule has 2 aromatic rings. The molecular formula is C23H29ClNO+. The van der Waals surface area contributed by atoms with Gasteiger partial charge in [0.05, 0.1) is 5.54 Å². The number of rotatable bonds is 4. The van der Waals surface area contributed by atoms with Gasteiger partial charge in [0.15, 0.2) is 5.76 Å². The van der Waals surface area contributed by atoms with Crippen LogP contribution >= 0.6 is 11.6 Å². The van der Waals surface area contributed by atoms with Gasteiger partial charge in [0.25, 0.3) is 0 Å². The van der Waals surface area contributed by atoms with Crippen LogP contribution < -0.4 is 5.32 Å². The Morgan fingerprint density at radius 2 is 1.65 bits per heavy atom. The van der Waals surface area contributed by atoms with Crippen molar-refractivity contribution in [2.75, 3.05) is 0 Å². The summed E-state index contributed by atoms with van der Waals surface area (Å²) in [4.78, 5) is 0. The van der Waals surface area contributed by atoms with Crippen molar-refractivity contribution < 1.29 is 9.73 Å². The SMILES string of the molecule is C[C@]12CC3CC([NH2+]Cc4ccc(-c5ccc(Cl)cc5)o4)(C1)C[C@@](C)(C3)C2. The van der Waals surface area contributed by atoms with Gasteiger partial charge in [-0.2, -0.15) is 0 Å². The van der Waals surface area contributed by atoms with Gasteiger partial charge < -0.3 is 9.73 Å². The molecule has 0 aliphatic heterocycles. The van der Waals surface area contributed by atoms with E-state index in [0.717, 1.165) is 34.6 Å². The minimum atomic E-state index is 0.441. The van der Waals surface area contributed by atoms with Crippen LogP contribution in [0.1, 0.15) is 58.1 Å². The van der Waals surface area contributed by atoms with Crippen molar-refractivity contribution in [1.82, 2.24) is 0 Å². The lowest BCUT2D eigenvalue weighted by atomic mass is 9.43. The van der Waals surface area contributed by atoms with Crippen LogP contribution in [0.15, 0.2) is 40.8 Å². The number of benzene rings is 1. The molecule has 4 aliphatic carbocycles. The average molecular weight is 371 g/mol. The Labute approximate surface area is 161 Å². The smallest absolute Gasteiger partial charge is 0.158 e. The Balaban J connectivity index is 1.32. The van der Waals surface area contributed by atoms with Crippen LogP contribution in [0.4, 0.5) is 0 Å². The third-order valence-corrected chi connectivity index (χ3v) is 7.45. The van der Waals surface area contributed by atoms with E-state index >= 15 is 0 Å². The average Bonchev–Trinajstić information content (AvgIpc) is 2.99. The van der Waals surface area contributed by atoms with E-state index in [4.69, 9.17) is 16.0 Å². The van der Waals surface area contributed by atoms with E-state index in [1.54, 1.807) is 0 Å². The molecule has 0 spiro atoms. The topological polar surface area (TPSA) is 29.8 Å². The molecule has 1 aromatic carbocycles. The number of halogens is 1. The molecule has 2 N–H and O–H groups in total. The molecule has 4 atom stereocenters. The number of nitrogens with two attached hydrogens (primary N) is 1. The Morgan fingerprint density at radius 3 is 2.31 bits per heavy atom. The highest BCUT2D eigenvalue weighted by Crippen LogP contribution is 2.65. The van der Waals surface area contributed by atoms with Crippen molar-refractivity contribution in [3.63, 3.8) is 0 Å². The van der Waals surface area contributed by atoms with Crippen LogP contribution in [-0.2, 0) is 6.54 Å². The fraction of sp³-hybridized carbons (Fsp3) is 0.565. The molecule has 26 heavy (non-hydrogen) atoms. The molecule has 4 saturated carbocycles. The maximum absolute atomic E-state index is 6.15. The van der Waals surface area contributed by atoms with E-state index < -0.39 is 0 Å². The summed E-state index contributed by atoms with van der Waals surface area (Å²) in [6.07, 6.45) is 8.53. The fourth-order valence-electron chi connectivity index (χ4n) is 7.34. The summed E-state index contributed by atoms with van der Waals surface area (Å²) in [5.41, 5.74) is 2.68. The highest BCUT2D eigenvalue weighted by Gasteiger charge is 2.62. The zero-order chi connectivity index (χ0) is 18.0. The molecule has 1 aromatic heterocycles. The highest BCUT2D eigenvalue weighted by molar-refractivity contribution is 6.30. The summed E-state index contributed by atoms with van der Waals surface area (Å²) in [5.74, 6) is 2.97. The van der Waals surface area contributed by atoms with Crippen LogP contribution in [0.3, 0.4) is 0 Å². The summed E-state index contributed by atoms with van der Waals surface area (Å²) < 4.78 is 6.15. The molecule has 4 fully saturated rings. The van der Waals surface area contributed by atoms with Gasteiger partial charge in [-0.15, -0.1) is 0 Å². The number of quaternary nitrogens is 1. The summed E-state index contributed by atoms with van der Waals surface area (Å²) in [6, 6.07) is 12.1. The standard InChI is InChI=1S/C23H28ClNO/c1-21-9-16-10-22(2,13-21)15-23(11-16,14-21)25-12-19-7-8-20(26-19)17-3-5-18(24)6-4-17/h3-8,16,25H,9-15H2,1-2H3/p+1/t16?,21-,22+,23?. The third-order valence-electron chi connectivity index (χ3n) is 7.20. The van der Waals surface area contributed by atoms with Gasteiger partial charge >= 0.3 is 0 Å². The van der Waals surface area contributed by atoms with Gasteiger partial charge in [-0.3, -0.25) is 0 Å². The quantitative estimate of drug-likeness (QED) is 0.765. The van der Waals surface area contributed by atoms with E-state index in [2.05, 4.69) is 31.3 Å². The van der Waals surface area contributed by atoms with Crippen LogP contribution in [0.5, 0.6) is 0 Å². The van der Waals surface area contributed by atoms with Crippen molar-refractivity contribution in [3.8, 4) is 11.3 Å². The van der Waals surface area contributed by atoms with Gasteiger partial charge in [-0.25, -0.2) is 0 Å². The molecule has 2 nitrogen and oxygen atoms in total. The minimum absolute atomic E-state index is 0.441. The third kappa shape index (κ3) is 2.92. The van der Waals surface area contributed by atoms with Crippen LogP contribution in [0.2, 0.25) is 5.02 Å². The van der Waals surface area contributed by atoms with E-state index in [0.29, 0.717) is 16.4 Å². The Hall–Kier alpha value is -1.25. The summed E-state index contributed by atoms with van der Waals surface area (Å²) >= 11 is 5.99. The molecule has 1 heterocycles. The second kappa shape index (κ2) is 5.62. The highest BCUT2D eigenvalue weighted by atomic mass is 35.5. The second-order valence-corrected chi connectivity index (χ2v) is 10.6. The van der Waals surface area contributed by atoms with E-state index in [1.807, 2.05) is 24.3 Å². The number of hydrogen-bond acceptors (Lipinski definition) is 1. The van der Waals surface area contributed by atoms with E-state index in [-0.39, 0.29) is 0 Å². The van der Waals surface area contributed by atoms with Gasteiger partial charge in [0, 0.05) is 29.8 Å². The summed E-state index contributed by atoms with van der Waals surface area (Å²) in [5, 5.41) is 3.39. The zero-order valence-corrected chi connectivity index (χ0v) is 16.6. The van der Waals surface area contributed by atoms with Crippen molar-refractivity contribution in [2.24, 2.45) is 16.7 Å². The number of furan rings is 1. The molecule has 3 heteroatoms. The summed E-state index contributed by atoms with van der Waals surface area (Å²) in [7, 11) is 0. The molecule has 2 unspecified atom stereocenters. The van der Waals surface area contributed by atoms with Gasteiger partial charge in [-0.05, 0) is 72.4 Å². The lowest BCUT2D eigenvalue weighted by Crippen LogP contribution is -2.98. The lowest BCUT2D eigenvalue weighted by molar-refractivity contribution is -0.757. The lowest BCUT2D eigenvalue weighted by Gasteiger charge is -2.63. The molecule has 6 rings (SSSR count). The van der Waals surface area contributed by atoms with E-state index in [1.165, 1.54) is 38.5 Å². The van der Waals surface area contributed by atoms with Crippen molar-refractivity contribution in [1.29, 1.82) is 0 Å². The fourth-order valence-corrected chi connectivity index (χ4v) is 7.46. The molecule has 0 radical (unpaired) electrons. The second-order valence-electron chi connectivity index (χ2n) is 10.2. The molecular weight excluding hydrogens is 342 g/mol. The van der Waals surface area contributed by atoms with Crippen LogP contribution in [-0.4, -0.2) is 5.54 Å². The molecule has 0 amide bonds. The monoisotopic (exact) mass is 370 g/mol. The van der Waals surface area contributed by atoms with Crippen molar-refractivity contribution in [2.45, 2.75) is 64.5 Å². The van der Waals surface area contributed by atoms with E-state index in [9.17, 15) is 0 Å². The van der Waals surface area contributed by atoms with Crippen LogP contribution in [0.25, 0.3) is 11.3 Å². The van der Waals surface area contributed by atoms with Gasteiger partial charge in [0.1, 0.15) is 12.3 Å². The maximum atomic E-state index is 6.15. The zero-order valence-electron chi connectivity index (χ0n) is 15.9. The van der Waals surface area contributed by atoms with Gasteiger partial charge in [-0.1, -0.05) is 25.4 Å². The predicted octanol–water partition coefficient (Wildman–Crippen LogP) is 5.41. The molecule has 138 valence electrons. The van der Waals surface area contributed by atoms with Gasteiger partial charge in [0.2, 0.25) is 0 Å². The Morgan fingerprint density at radius 1 is 0.962 bits per heavy atom. The normalized spacial score (nSPS) is 38.0. The van der Waals surface area contributed by atoms with Crippen molar-refractivity contribution >= 4 is 11.6 Å². The number of hydrogen-bond donors (Lipinski definition) is 1. The molecule has 4 bridgehead atoms. The molecule has 4 aliphatic rings. The Kier molecular flexibility index (Phi) is 3.65. The first-order valence-corrected chi connectivity index (χ1v) is 10.4. The first-order chi connectivity index (χ1) is 12.3. The predicted molar refractivity (Wildman–Crippen MR) is 105 cm³/mol. The largest absolute Gasteiger partial charge is 0.455 e. The first kappa shape index (κ1) is 16.9. The maximum Gasteiger partial charge on any atom is 0.158 e.